The van der Waals surface area contributed by atoms with E-state index in [1.165, 1.54) is 0 Å². The molecule has 3 rings (SSSR count). The van der Waals surface area contributed by atoms with E-state index in [0.29, 0.717) is 22.5 Å². The molecule has 2 aromatic carbocycles. The number of ether oxygens (including phenoxy) is 1. The molecule has 1 N–H and O–H groups in total. The maximum atomic E-state index is 12.5. The molecule has 6 nitrogen and oxygen atoms in total. The highest BCUT2D eigenvalue weighted by Crippen LogP contribution is 2.26. The van der Waals surface area contributed by atoms with Crippen LogP contribution in [0.5, 0.6) is 0 Å². The molecule has 0 bridgehead atoms. The van der Waals surface area contributed by atoms with Gasteiger partial charge in [-0.15, -0.1) is 0 Å². The summed E-state index contributed by atoms with van der Waals surface area (Å²) in [6.07, 6.45) is 3.17. The molecule has 0 aliphatic rings. The number of para-hydroxylation sites is 1. The zero-order valence-corrected chi connectivity index (χ0v) is 16.2. The zero-order chi connectivity index (χ0) is 20.1. The predicted molar refractivity (Wildman–Crippen MR) is 108 cm³/mol. The minimum Gasteiger partial charge on any atom is -0.449 e. The number of nitrogens with zero attached hydrogens (tertiary/aromatic N) is 2. The van der Waals surface area contributed by atoms with Crippen LogP contribution in [0, 0.1) is 0 Å². The number of benzene rings is 2. The second-order valence-electron chi connectivity index (χ2n) is 6.69. The average molecular weight is 377 g/mol. The van der Waals surface area contributed by atoms with Crippen molar-refractivity contribution < 1.29 is 14.3 Å². The third kappa shape index (κ3) is 4.34. The van der Waals surface area contributed by atoms with Crippen molar-refractivity contribution in [1.82, 2.24) is 9.97 Å². The minimum absolute atomic E-state index is 0.313. The van der Waals surface area contributed by atoms with Crippen molar-refractivity contribution in [3.63, 3.8) is 0 Å². The number of aromatic nitrogens is 2. The molecular weight excluding hydrogens is 354 g/mol. The van der Waals surface area contributed by atoms with Gasteiger partial charge in [-0.1, -0.05) is 32.0 Å². The lowest BCUT2D eigenvalue weighted by Crippen LogP contribution is -2.30. The summed E-state index contributed by atoms with van der Waals surface area (Å²) in [5.74, 6) is -0.636. The SMILES string of the molecule is CC[C@H](C)c1ccccc1NC(=O)[C@@H](C)OC(=O)c1ccc2nccnc2c1. The first-order chi connectivity index (χ1) is 13.5. The number of carbonyl (C=O) groups is 2. The summed E-state index contributed by atoms with van der Waals surface area (Å²) in [4.78, 5) is 33.3. The van der Waals surface area contributed by atoms with Crippen molar-refractivity contribution in [1.29, 1.82) is 0 Å². The lowest BCUT2D eigenvalue weighted by molar-refractivity contribution is -0.123. The number of esters is 1. The molecule has 28 heavy (non-hydrogen) atoms. The van der Waals surface area contributed by atoms with Crippen molar-refractivity contribution in [3.8, 4) is 0 Å². The molecule has 0 fully saturated rings. The number of nitrogens with one attached hydrogen (secondary N) is 1. The molecule has 0 saturated heterocycles. The van der Waals surface area contributed by atoms with E-state index in [0.717, 1.165) is 17.7 Å². The predicted octanol–water partition coefficient (Wildman–Crippen LogP) is 4.33. The summed E-state index contributed by atoms with van der Waals surface area (Å²) in [7, 11) is 0. The minimum atomic E-state index is -0.935. The first kappa shape index (κ1) is 19.5. The van der Waals surface area contributed by atoms with Gasteiger partial charge in [0.15, 0.2) is 6.10 Å². The summed E-state index contributed by atoms with van der Waals surface area (Å²) >= 11 is 0. The molecule has 0 aliphatic carbocycles. The summed E-state index contributed by atoms with van der Waals surface area (Å²) in [5.41, 5.74) is 3.41. The van der Waals surface area contributed by atoms with Crippen LogP contribution < -0.4 is 5.32 Å². The van der Waals surface area contributed by atoms with Crippen LogP contribution >= 0.6 is 0 Å². The van der Waals surface area contributed by atoms with Gasteiger partial charge in [-0.2, -0.15) is 0 Å². The van der Waals surface area contributed by atoms with Crippen LogP contribution in [-0.4, -0.2) is 27.9 Å². The van der Waals surface area contributed by atoms with Gasteiger partial charge in [-0.3, -0.25) is 14.8 Å². The lowest BCUT2D eigenvalue weighted by Gasteiger charge is -2.18. The number of rotatable bonds is 6. The topological polar surface area (TPSA) is 81.2 Å². The third-order valence-corrected chi connectivity index (χ3v) is 4.72. The molecule has 0 unspecified atom stereocenters. The number of hydrogen-bond acceptors (Lipinski definition) is 5. The molecule has 2 atom stereocenters. The van der Waals surface area contributed by atoms with Crippen LogP contribution in [0.2, 0.25) is 0 Å². The molecule has 1 aromatic heterocycles. The molecule has 0 saturated carbocycles. The van der Waals surface area contributed by atoms with E-state index in [9.17, 15) is 9.59 Å². The number of hydrogen-bond donors (Lipinski definition) is 1. The van der Waals surface area contributed by atoms with Gasteiger partial charge < -0.3 is 10.1 Å². The summed E-state index contributed by atoms with van der Waals surface area (Å²) in [6.45, 7) is 5.76. The smallest absolute Gasteiger partial charge is 0.338 e. The van der Waals surface area contributed by atoms with Crippen molar-refractivity contribution in [3.05, 3.63) is 66.0 Å². The second kappa shape index (κ2) is 8.61. The van der Waals surface area contributed by atoms with E-state index in [1.54, 1.807) is 37.5 Å². The van der Waals surface area contributed by atoms with E-state index >= 15 is 0 Å². The fraction of sp³-hybridized carbons (Fsp3) is 0.273. The maximum Gasteiger partial charge on any atom is 0.338 e. The van der Waals surface area contributed by atoms with Gasteiger partial charge >= 0.3 is 5.97 Å². The van der Waals surface area contributed by atoms with Gasteiger partial charge in [0.1, 0.15) is 0 Å². The Kier molecular flexibility index (Phi) is 5.99. The Morgan fingerprint density at radius 3 is 2.50 bits per heavy atom. The molecule has 1 heterocycles. The van der Waals surface area contributed by atoms with Crippen molar-refractivity contribution in [2.75, 3.05) is 5.32 Å². The fourth-order valence-corrected chi connectivity index (χ4v) is 2.87. The van der Waals surface area contributed by atoms with E-state index in [4.69, 9.17) is 4.74 Å². The molecule has 0 radical (unpaired) electrons. The van der Waals surface area contributed by atoms with E-state index in [2.05, 4.69) is 29.1 Å². The van der Waals surface area contributed by atoms with E-state index < -0.39 is 12.1 Å². The van der Waals surface area contributed by atoms with Crippen LogP contribution in [0.15, 0.2) is 54.9 Å². The molecule has 144 valence electrons. The molecule has 3 aromatic rings. The Morgan fingerprint density at radius 1 is 1.04 bits per heavy atom. The first-order valence-electron chi connectivity index (χ1n) is 9.31. The summed E-state index contributed by atoms with van der Waals surface area (Å²) in [5, 5.41) is 2.87. The van der Waals surface area contributed by atoms with Crippen molar-refractivity contribution >= 4 is 28.6 Å². The highest BCUT2D eigenvalue weighted by molar-refractivity contribution is 5.98. The van der Waals surface area contributed by atoms with Gasteiger partial charge in [0.2, 0.25) is 0 Å². The quantitative estimate of drug-likeness (QED) is 0.647. The van der Waals surface area contributed by atoms with Crippen molar-refractivity contribution in [2.24, 2.45) is 0 Å². The van der Waals surface area contributed by atoms with Crippen LogP contribution in [-0.2, 0) is 9.53 Å². The first-order valence-corrected chi connectivity index (χ1v) is 9.31. The highest BCUT2D eigenvalue weighted by Gasteiger charge is 2.21. The average Bonchev–Trinajstić information content (AvgIpc) is 2.73. The monoisotopic (exact) mass is 377 g/mol. The lowest BCUT2D eigenvalue weighted by atomic mass is 9.97. The van der Waals surface area contributed by atoms with Gasteiger partial charge in [0.25, 0.3) is 5.91 Å². The second-order valence-corrected chi connectivity index (χ2v) is 6.69. The van der Waals surface area contributed by atoms with Gasteiger partial charge in [0.05, 0.1) is 16.6 Å². The van der Waals surface area contributed by atoms with E-state index in [-0.39, 0.29) is 5.91 Å². The Balaban J connectivity index is 1.69. The molecule has 0 aliphatic heterocycles. The van der Waals surface area contributed by atoms with Crippen LogP contribution in [0.1, 0.15) is 49.0 Å². The van der Waals surface area contributed by atoms with Gasteiger partial charge in [0, 0.05) is 18.1 Å². The fourth-order valence-electron chi connectivity index (χ4n) is 2.87. The standard InChI is InChI=1S/C22H23N3O3/c1-4-14(2)17-7-5-6-8-18(17)25-21(26)15(3)28-22(27)16-9-10-19-20(13-16)24-12-11-23-19/h5-15H,4H2,1-3H3,(H,25,26)/t14-,15+/m0/s1. The molecular formula is C22H23N3O3. The van der Waals surface area contributed by atoms with Gasteiger partial charge in [-0.25, -0.2) is 4.79 Å². The molecule has 0 spiro atoms. The van der Waals surface area contributed by atoms with E-state index in [1.807, 2.05) is 24.3 Å². The Bertz CT molecular complexity index is 1000. The number of anilines is 1. The van der Waals surface area contributed by atoms with Crippen LogP contribution in [0.25, 0.3) is 11.0 Å². The maximum absolute atomic E-state index is 12.5. The third-order valence-electron chi connectivity index (χ3n) is 4.72. The van der Waals surface area contributed by atoms with Gasteiger partial charge in [-0.05, 0) is 49.1 Å². The number of carbonyl (C=O) groups excluding carboxylic acids is 2. The zero-order valence-electron chi connectivity index (χ0n) is 16.2. The number of fused-ring (bicyclic) bond motifs is 1. The van der Waals surface area contributed by atoms with Crippen LogP contribution in [0.3, 0.4) is 0 Å². The number of amides is 1. The molecule has 1 amide bonds. The summed E-state index contributed by atoms with van der Waals surface area (Å²) in [6, 6.07) is 12.6. The van der Waals surface area contributed by atoms with Crippen molar-refractivity contribution in [2.45, 2.75) is 39.2 Å². The molecule has 6 heteroatoms. The van der Waals surface area contributed by atoms with Crippen LogP contribution in [0.4, 0.5) is 5.69 Å². The largest absolute Gasteiger partial charge is 0.449 e. The highest BCUT2D eigenvalue weighted by atomic mass is 16.5. The Labute approximate surface area is 164 Å². The Hall–Kier alpha value is -3.28. The Morgan fingerprint density at radius 2 is 1.75 bits per heavy atom. The summed E-state index contributed by atoms with van der Waals surface area (Å²) < 4.78 is 5.35. The normalized spacial score (nSPS) is 13.0.